The van der Waals surface area contributed by atoms with Crippen molar-refractivity contribution in [3.63, 3.8) is 0 Å². The number of rotatable bonds is 10. The minimum atomic E-state index is 0.380. The summed E-state index contributed by atoms with van der Waals surface area (Å²) in [6.07, 6.45) is 1.66. The lowest BCUT2D eigenvalue weighted by Crippen LogP contribution is -2.18. The highest BCUT2D eigenvalue weighted by Gasteiger charge is 2.11. The number of anilines is 1. The van der Waals surface area contributed by atoms with Crippen LogP contribution in [-0.2, 0) is 16.2 Å². The van der Waals surface area contributed by atoms with Gasteiger partial charge in [-0.2, -0.15) is 0 Å². The van der Waals surface area contributed by atoms with Crippen molar-refractivity contribution in [3.8, 4) is 5.75 Å². The van der Waals surface area contributed by atoms with Crippen molar-refractivity contribution in [2.45, 2.75) is 13.5 Å². The van der Waals surface area contributed by atoms with E-state index in [1.165, 1.54) is 0 Å². The molecule has 5 heteroatoms. The molecule has 142 valence electrons. The van der Waals surface area contributed by atoms with Crippen LogP contribution in [0.3, 0.4) is 0 Å². The molecule has 0 unspecified atom stereocenters. The van der Waals surface area contributed by atoms with Gasteiger partial charge in [0.25, 0.3) is 0 Å². The van der Waals surface area contributed by atoms with Crippen LogP contribution >= 0.6 is 0 Å². The lowest BCUT2D eigenvalue weighted by molar-refractivity contribution is 0.175. The lowest BCUT2D eigenvalue weighted by Gasteiger charge is -2.23. The topological polar surface area (TPSA) is 43.3 Å². The Morgan fingerprint density at radius 1 is 1.19 bits per heavy atom. The van der Waals surface area contributed by atoms with Crippen LogP contribution in [0.25, 0.3) is 0 Å². The Hall–Kier alpha value is -3.21. The molecule has 0 aromatic heterocycles. The highest BCUT2D eigenvalue weighted by atomic mass is 16.6. The summed E-state index contributed by atoms with van der Waals surface area (Å²) in [6, 6.07) is 15.7. The van der Waals surface area contributed by atoms with Crippen molar-refractivity contribution >= 4 is 11.4 Å². The quantitative estimate of drug-likeness (QED) is 0.200. The Morgan fingerprint density at radius 3 is 2.70 bits per heavy atom. The first-order valence-corrected chi connectivity index (χ1v) is 8.62. The van der Waals surface area contributed by atoms with E-state index in [0.717, 1.165) is 28.3 Å². The minimum absolute atomic E-state index is 0.380. The van der Waals surface area contributed by atoms with E-state index in [4.69, 9.17) is 14.3 Å². The average Bonchev–Trinajstić information content (AvgIpc) is 2.71. The van der Waals surface area contributed by atoms with Gasteiger partial charge < -0.3 is 19.2 Å². The van der Waals surface area contributed by atoms with E-state index in [-0.39, 0.29) is 0 Å². The molecule has 2 aromatic carbocycles. The van der Waals surface area contributed by atoms with Gasteiger partial charge >= 0.3 is 0 Å². The number of ether oxygens (including phenoxy) is 2. The van der Waals surface area contributed by atoms with E-state index in [1.807, 2.05) is 67.4 Å². The lowest BCUT2D eigenvalue weighted by atomic mass is 10.1. The number of para-hydroxylation sites is 1. The van der Waals surface area contributed by atoms with E-state index in [9.17, 15) is 0 Å². The van der Waals surface area contributed by atoms with Crippen molar-refractivity contribution in [1.29, 1.82) is 0 Å². The maximum atomic E-state index is 6.00. The highest BCUT2D eigenvalue weighted by Crippen LogP contribution is 2.24. The molecular formula is C22H26N2O3. The second-order valence-electron chi connectivity index (χ2n) is 5.86. The molecular weight excluding hydrogens is 340 g/mol. The summed E-state index contributed by atoms with van der Waals surface area (Å²) in [4.78, 5) is 7.04. The summed E-state index contributed by atoms with van der Waals surface area (Å²) >= 11 is 0. The van der Waals surface area contributed by atoms with Gasteiger partial charge in [-0.05, 0) is 31.7 Å². The zero-order valence-corrected chi connectivity index (χ0v) is 16.1. The molecule has 0 aliphatic rings. The first kappa shape index (κ1) is 20.1. The molecule has 0 aliphatic carbocycles. The fourth-order valence-corrected chi connectivity index (χ4v) is 2.44. The summed E-state index contributed by atoms with van der Waals surface area (Å²) in [7, 11) is 3.51. The fourth-order valence-electron chi connectivity index (χ4n) is 2.44. The molecule has 2 aromatic rings. The Balaban J connectivity index is 2.12. The number of hydrogen-bond acceptors (Lipinski definition) is 5. The maximum Gasteiger partial charge on any atom is 0.185 e. The molecule has 27 heavy (non-hydrogen) atoms. The molecule has 0 N–H and O–H groups in total. The number of hydrogen-bond donors (Lipinski definition) is 0. The van der Waals surface area contributed by atoms with Crippen LogP contribution in [0.1, 0.15) is 18.1 Å². The van der Waals surface area contributed by atoms with Gasteiger partial charge in [-0.3, -0.25) is 0 Å². The predicted octanol–water partition coefficient (Wildman–Crippen LogP) is 4.75. The van der Waals surface area contributed by atoms with Crippen LogP contribution in [0.5, 0.6) is 5.75 Å². The SMILES string of the molecule is C=CCO/N=C(\C)c1cccc(OCc2ccccc2N(C)C(=C)OC)c1. The van der Waals surface area contributed by atoms with Gasteiger partial charge in [0.05, 0.1) is 18.5 Å². The summed E-state index contributed by atoms with van der Waals surface area (Å²) in [5.74, 6) is 1.32. The predicted molar refractivity (Wildman–Crippen MR) is 110 cm³/mol. The number of nitrogens with zero attached hydrogens (tertiary/aromatic N) is 2. The van der Waals surface area contributed by atoms with Gasteiger partial charge in [-0.15, -0.1) is 0 Å². The zero-order valence-electron chi connectivity index (χ0n) is 16.1. The molecule has 0 spiro atoms. The van der Waals surface area contributed by atoms with Crippen LogP contribution in [0.4, 0.5) is 5.69 Å². The summed E-state index contributed by atoms with van der Waals surface area (Å²) < 4.78 is 11.2. The van der Waals surface area contributed by atoms with E-state index in [0.29, 0.717) is 19.1 Å². The molecule has 0 saturated carbocycles. The van der Waals surface area contributed by atoms with Gasteiger partial charge in [0, 0.05) is 18.2 Å². The third-order valence-corrected chi connectivity index (χ3v) is 4.00. The maximum absolute atomic E-state index is 6.00. The molecule has 2 rings (SSSR count). The fraction of sp³-hybridized carbons (Fsp3) is 0.227. The summed E-state index contributed by atoms with van der Waals surface area (Å²) in [6.45, 7) is 10.2. The van der Waals surface area contributed by atoms with E-state index < -0.39 is 0 Å². The molecule has 0 atom stereocenters. The number of benzene rings is 2. The summed E-state index contributed by atoms with van der Waals surface area (Å²) in [5.41, 5.74) is 3.73. The van der Waals surface area contributed by atoms with Crippen molar-refractivity contribution in [2.24, 2.45) is 5.16 Å². The monoisotopic (exact) mass is 366 g/mol. The third-order valence-electron chi connectivity index (χ3n) is 4.00. The van der Waals surface area contributed by atoms with Crippen LogP contribution in [0.2, 0.25) is 0 Å². The Labute approximate surface area is 161 Å². The van der Waals surface area contributed by atoms with Gasteiger partial charge in [-0.1, -0.05) is 48.1 Å². The first-order chi connectivity index (χ1) is 13.1. The first-order valence-electron chi connectivity index (χ1n) is 8.62. The van der Waals surface area contributed by atoms with E-state index in [1.54, 1.807) is 13.2 Å². The molecule has 5 nitrogen and oxygen atoms in total. The average molecular weight is 366 g/mol. The third kappa shape index (κ3) is 5.64. The molecule has 0 amide bonds. The Bertz CT molecular complexity index is 815. The largest absolute Gasteiger partial charge is 0.489 e. The molecule has 0 bridgehead atoms. The van der Waals surface area contributed by atoms with E-state index >= 15 is 0 Å². The highest BCUT2D eigenvalue weighted by molar-refractivity contribution is 5.98. The van der Waals surface area contributed by atoms with Crippen molar-refractivity contribution in [3.05, 3.63) is 84.8 Å². The molecule has 0 saturated heterocycles. The van der Waals surface area contributed by atoms with Crippen LogP contribution in [0, 0.1) is 0 Å². The molecule has 0 aliphatic heterocycles. The standard InChI is InChI=1S/C22H26N2O3/c1-6-14-27-23-17(2)19-11-9-12-21(15-19)26-16-20-10-7-8-13-22(20)24(4)18(3)25-5/h6-13,15H,1,3,14,16H2,2,4-5H3/b23-17+. The van der Waals surface area contributed by atoms with E-state index in [2.05, 4.69) is 18.3 Å². The Morgan fingerprint density at radius 2 is 1.96 bits per heavy atom. The van der Waals surface area contributed by atoms with Crippen molar-refractivity contribution in [2.75, 3.05) is 25.7 Å². The minimum Gasteiger partial charge on any atom is -0.489 e. The van der Waals surface area contributed by atoms with Crippen molar-refractivity contribution in [1.82, 2.24) is 0 Å². The van der Waals surface area contributed by atoms with Gasteiger partial charge in [0.1, 0.15) is 19.0 Å². The van der Waals surface area contributed by atoms with Crippen LogP contribution in [0.15, 0.2) is 78.8 Å². The smallest absolute Gasteiger partial charge is 0.185 e. The normalized spacial score (nSPS) is 10.9. The molecule has 0 heterocycles. The number of methoxy groups -OCH3 is 1. The second kappa shape index (κ2) is 10.1. The zero-order chi connectivity index (χ0) is 19.6. The summed E-state index contributed by atoms with van der Waals surface area (Å²) in [5, 5.41) is 4.07. The van der Waals surface area contributed by atoms with Crippen LogP contribution in [-0.4, -0.2) is 26.5 Å². The molecule has 0 radical (unpaired) electrons. The van der Waals surface area contributed by atoms with Crippen LogP contribution < -0.4 is 9.64 Å². The second-order valence-corrected chi connectivity index (χ2v) is 5.86. The molecule has 0 fully saturated rings. The van der Waals surface area contributed by atoms with Gasteiger partial charge in [-0.25, -0.2) is 0 Å². The van der Waals surface area contributed by atoms with Gasteiger partial charge in [0.2, 0.25) is 0 Å². The van der Waals surface area contributed by atoms with Gasteiger partial charge in [0.15, 0.2) is 5.88 Å². The number of oxime groups is 1. The Kier molecular flexibility index (Phi) is 7.49. The van der Waals surface area contributed by atoms with Crippen molar-refractivity contribution < 1.29 is 14.3 Å².